The minimum atomic E-state index is -0.0556. The monoisotopic (exact) mass is 97.0 g/mol. The topological polar surface area (TPSA) is 45.0 Å². The van der Waals surface area contributed by atoms with Gasteiger partial charge in [0.1, 0.15) is 6.61 Å². The van der Waals surface area contributed by atoms with Gasteiger partial charge in [0.25, 0.3) is 0 Å². The summed E-state index contributed by atoms with van der Waals surface area (Å²) in [7, 11) is 0. The van der Waals surface area contributed by atoms with Crippen LogP contribution < -0.4 is 5.48 Å². The van der Waals surface area contributed by atoms with Gasteiger partial charge in [-0.15, -0.1) is 0 Å². The van der Waals surface area contributed by atoms with Gasteiger partial charge in [-0.2, -0.15) is 5.26 Å². The summed E-state index contributed by atoms with van der Waals surface area (Å²) in [5.74, 6) is -0.0556. The number of nitrogens with one attached hydrogen (secondary N) is 1. The number of hydrogen-bond donors (Lipinski definition) is 1. The van der Waals surface area contributed by atoms with Gasteiger partial charge in [-0.25, -0.2) is 5.48 Å². The molecule has 1 radical (unpaired) electrons. The summed E-state index contributed by atoms with van der Waals surface area (Å²) in [4.78, 5) is 4.55. The fourth-order valence-corrected chi connectivity index (χ4v) is 0.392. The van der Waals surface area contributed by atoms with Crippen LogP contribution in [0.4, 0.5) is 0 Å². The van der Waals surface area contributed by atoms with Gasteiger partial charge in [-0.05, 0) is 0 Å². The van der Waals surface area contributed by atoms with E-state index in [-0.39, 0.29) is 5.92 Å². The highest BCUT2D eigenvalue weighted by Crippen LogP contribution is 2.03. The molecule has 0 aromatic heterocycles. The molecule has 0 aromatic carbocycles. The first-order valence-corrected chi connectivity index (χ1v) is 2.05. The molecule has 0 saturated carbocycles. The quantitative estimate of drug-likeness (QED) is 0.456. The second-order valence-corrected chi connectivity index (χ2v) is 1.34. The zero-order chi connectivity index (χ0) is 5.11. The van der Waals surface area contributed by atoms with Crippen molar-refractivity contribution in [2.45, 2.75) is 0 Å². The maximum atomic E-state index is 8.16. The van der Waals surface area contributed by atoms with Gasteiger partial charge in [0.15, 0.2) is 0 Å². The Kier molecular flexibility index (Phi) is 1.25. The molecule has 37 valence electrons. The average Bonchev–Trinajstić information content (AvgIpc) is 2.14. The second kappa shape index (κ2) is 1.92. The Balaban J connectivity index is 2.31. The Morgan fingerprint density at radius 2 is 2.86 bits per heavy atom. The van der Waals surface area contributed by atoms with E-state index in [1.165, 1.54) is 6.61 Å². The second-order valence-electron chi connectivity index (χ2n) is 1.34. The van der Waals surface area contributed by atoms with Gasteiger partial charge >= 0.3 is 0 Å². The van der Waals surface area contributed by atoms with E-state index in [2.05, 4.69) is 10.3 Å². The molecule has 0 spiro atoms. The molecule has 3 heteroatoms. The molecule has 1 atom stereocenters. The van der Waals surface area contributed by atoms with Crippen molar-refractivity contribution in [2.75, 3.05) is 6.54 Å². The molecule has 3 nitrogen and oxygen atoms in total. The molecule has 0 bridgehead atoms. The first-order chi connectivity index (χ1) is 3.43. The number of hydrogen-bond acceptors (Lipinski definition) is 3. The lowest BCUT2D eigenvalue weighted by Crippen LogP contribution is -2.05. The molecule has 1 N–H and O–H groups in total. The van der Waals surface area contributed by atoms with Crippen molar-refractivity contribution in [1.29, 1.82) is 5.26 Å². The van der Waals surface area contributed by atoms with Crippen LogP contribution in [-0.4, -0.2) is 6.54 Å². The third-order valence-corrected chi connectivity index (χ3v) is 0.785. The summed E-state index contributed by atoms with van der Waals surface area (Å²) in [6, 6.07) is 2.02. The minimum Gasteiger partial charge on any atom is -0.294 e. The third kappa shape index (κ3) is 0.889. The van der Waals surface area contributed by atoms with Crippen LogP contribution in [0.3, 0.4) is 0 Å². The van der Waals surface area contributed by atoms with Crippen LogP contribution in [0.2, 0.25) is 0 Å². The third-order valence-electron chi connectivity index (χ3n) is 0.785. The van der Waals surface area contributed by atoms with E-state index in [1.54, 1.807) is 0 Å². The molecule has 1 aliphatic heterocycles. The van der Waals surface area contributed by atoms with E-state index in [1.807, 2.05) is 6.07 Å². The molecule has 0 amide bonds. The van der Waals surface area contributed by atoms with Gasteiger partial charge in [-0.3, -0.25) is 4.84 Å². The molecule has 1 aliphatic rings. The summed E-state index contributed by atoms with van der Waals surface area (Å²) in [6.07, 6.45) is 0. The Hall–Kier alpha value is -0.590. The maximum Gasteiger partial charge on any atom is 0.126 e. The zero-order valence-corrected chi connectivity index (χ0v) is 3.72. The lowest BCUT2D eigenvalue weighted by Gasteiger charge is -1.82. The molecular formula is C4H5N2O. The molecule has 7 heavy (non-hydrogen) atoms. The lowest BCUT2D eigenvalue weighted by molar-refractivity contribution is 0.147. The smallest absolute Gasteiger partial charge is 0.126 e. The van der Waals surface area contributed by atoms with Gasteiger partial charge in [0.2, 0.25) is 0 Å². The fraction of sp³-hybridized carbons (Fsp3) is 0.500. The van der Waals surface area contributed by atoms with E-state index >= 15 is 0 Å². The highest BCUT2D eigenvalue weighted by Gasteiger charge is 2.13. The fourth-order valence-electron chi connectivity index (χ4n) is 0.392. The Morgan fingerprint density at radius 3 is 3.14 bits per heavy atom. The minimum absolute atomic E-state index is 0.0556. The van der Waals surface area contributed by atoms with E-state index in [4.69, 9.17) is 5.26 Å². The summed E-state index contributed by atoms with van der Waals surface area (Å²) in [5.41, 5.74) is 2.55. The van der Waals surface area contributed by atoms with Crippen molar-refractivity contribution in [3.63, 3.8) is 0 Å². The lowest BCUT2D eigenvalue weighted by atomic mass is 10.2. The van der Waals surface area contributed by atoms with Gasteiger partial charge in [-0.1, -0.05) is 0 Å². The molecule has 0 aliphatic carbocycles. The van der Waals surface area contributed by atoms with Gasteiger partial charge in [0, 0.05) is 6.54 Å². The largest absolute Gasteiger partial charge is 0.294 e. The first-order valence-electron chi connectivity index (χ1n) is 2.05. The van der Waals surface area contributed by atoms with E-state index in [9.17, 15) is 0 Å². The normalized spacial score (nSPS) is 29.9. The summed E-state index contributed by atoms with van der Waals surface area (Å²) in [6.45, 7) is 2.11. The van der Waals surface area contributed by atoms with Crippen LogP contribution in [0.15, 0.2) is 0 Å². The van der Waals surface area contributed by atoms with Crippen molar-refractivity contribution in [3.05, 3.63) is 6.61 Å². The van der Waals surface area contributed by atoms with Crippen LogP contribution in [0, 0.1) is 23.9 Å². The van der Waals surface area contributed by atoms with Crippen molar-refractivity contribution in [3.8, 4) is 6.07 Å². The predicted octanol–water partition coefficient (Wildman–Crippen LogP) is -0.177. The van der Waals surface area contributed by atoms with Crippen molar-refractivity contribution in [2.24, 2.45) is 5.92 Å². The number of nitriles is 1. The summed E-state index contributed by atoms with van der Waals surface area (Å²) < 4.78 is 0. The summed E-state index contributed by atoms with van der Waals surface area (Å²) >= 11 is 0. The van der Waals surface area contributed by atoms with Crippen LogP contribution in [0.25, 0.3) is 0 Å². The Bertz CT molecular complexity index is 90.4. The predicted molar refractivity (Wildman–Crippen MR) is 22.5 cm³/mol. The molecule has 1 rings (SSSR count). The highest BCUT2D eigenvalue weighted by atomic mass is 16.7. The Morgan fingerprint density at radius 1 is 2.00 bits per heavy atom. The molecule has 1 fully saturated rings. The SMILES string of the molecule is N#CC1[CH]ONC1. The summed E-state index contributed by atoms with van der Waals surface area (Å²) in [5, 5.41) is 8.16. The zero-order valence-electron chi connectivity index (χ0n) is 3.72. The highest BCUT2D eigenvalue weighted by molar-refractivity contribution is 4.91. The van der Waals surface area contributed by atoms with Crippen molar-refractivity contribution >= 4 is 0 Å². The number of nitrogens with zero attached hydrogens (tertiary/aromatic N) is 1. The molecule has 1 heterocycles. The van der Waals surface area contributed by atoms with E-state index in [0.29, 0.717) is 6.54 Å². The van der Waals surface area contributed by atoms with E-state index in [0.717, 1.165) is 0 Å². The Labute approximate surface area is 41.8 Å². The first kappa shape index (κ1) is 4.57. The van der Waals surface area contributed by atoms with Crippen LogP contribution in [0.5, 0.6) is 0 Å². The standard InChI is InChI=1S/C4H5N2O/c5-1-4-2-6-7-3-4/h3-4,6H,2H2. The van der Waals surface area contributed by atoms with Crippen molar-refractivity contribution < 1.29 is 4.84 Å². The molecular weight excluding hydrogens is 92.1 g/mol. The van der Waals surface area contributed by atoms with E-state index < -0.39 is 0 Å². The maximum absolute atomic E-state index is 8.16. The number of hydroxylamine groups is 1. The average molecular weight is 97.1 g/mol. The van der Waals surface area contributed by atoms with Crippen LogP contribution >= 0.6 is 0 Å². The van der Waals surface area contributed by atoms with Gasteiger partial charge < -0.3 is 0 Å². The molecule has 1 saturated heterocycles. The molecule has 1 unspecified atom stereocenters. The van der Waals surface area contributed by atoms with Crippen LogP contribution in [-0.2, 0) is 4.84 Å². The molecule has 0 aromatic rings. The van der Waals surface area contributed by atoms with Gasteiger partial charge in [0.05, 0.1) is 12.0 Å². The number of rotatable bonds is 0. The van der Waals surface area contributed by atoms with Crippen LogP contribution in [0.1, 0.15) is 0 Å². The van der Waals surface area contributed by atoms with Crippen molar-refractivity contribution in [1.82, 2.24) is 5.48 Å².